The van der Waals surface area contributed by atoms with Crippen LogP contribution in [0.5, 0.6) is 0 Å². The number of carbonyl (C=O) groups is 2. The lowest BCUT2D eigenvalue weighted by atomic mass is 10.1. The van der Waals surface area contributed by atoms with Crippen molar-refractivity contribution in [3.8, 4) is 0 Å². The molecule has 0 spiro atoms. The van der Waals surface area contributed by atoms with Gasteiger partial charge < -0.3 is 10.6 Å². The van der Waals surface area contributed by atoms with Crippen LogP contribution in [0.15, 0.2) is 48.5 Å². The number of hydrogen-bond donors (Lipinski definition) is 1. The number of nitrogens with two attached hydrogens (primary N) is 1. The van der Waals surface area contributed by atoms with Crippen molar-refractivity contribution in [2.75, 3.05) is 7.05 Å². The van der Waals surface area contributed by atoms with E-state index >= 15 is 0 Å². The standard InChI is InChI=1S/C16H15FN2O2/c1-19(10-11-2-8-14(17)9-3-11)16(21)13-6-4-12(5-7-13)15(18)20/h2-9H,10H2,1H3,(H2,18,20). The van der Waals surface area contributed by atoms with Crippen LogP contribution in [0, 0.1) is 5.82 Å². The number of nitrogens with zero attached hydrogens (tertiary/aromatic N) is 1. The van der Waals surface area contributed by atoms with Gasteiger partial charge in [-0.1, -0.05) is 12.1 Å². The van der Waals surface area contributed by atoms with Gasteiger partial charge in [0.15, 0.2) is 0 Å². The first-order valence-corrected chi connectivity index (χ1v) is 6.37. The summed E-state index contributed by atoms with van der Waals surface area (Å²) >= 11 is 0. The molecule has 0 unspecified atom stereocenters. The summed E-state index contributed by atoms with van der Waals surface area (Å²) in [5.41, 5.74) is 6.80. The molecule has 2 aromatic rings. The van der Waals surface area contributed by atoms with Gasteiger partial charge in [-0.15, -0.1) is 0 Å². The minimum atomic E-state index is -0.534. The first-order chi connectivity index (χ1) is 9.97. The summed E-state index contributed by atoms with van der Waals surface area (Å²) < 4.78 is 12.8. The number of amides is 2. The van der Waals surface area contributed by atoms with Gasteiger partial charge in [0.05, 0.1) is 0 Å². The number of carbonyl (C=O) groups excluding carboxylic acids is 2. The van der Waals surface area contributed by atoms with Crippen LogP contribution in [-0.2, 0) is 6.54 Å². The van der Waals surface area contributed by atoms with Gasteiger partial charge in [0.1, 0.15) is 5.82 Å². The molecule has 0 bridgehead atoms. The maximum Gasteiger partial charge on any atom is 0.253 e. The van der Waals surface area contributed by atoms with Crippen molar-refractivity contribution in [1.29, 1.82) is 0 Å². The molecule has 0 aliphatic carbocycles. The Morgan fingerprint density at radius 2 is 1.52 bits per heavy atom. The van der Waals surface area contributed by atoms with Gasteiger partial charge in [-0.2, -0.15) is 0 Å². The van der Waals surface area contributed by atoms with E-state index in [1.807, 2.05) is 0 Å². The summed E-state index contributed by atoms with van der Waals surface area (Å²) in [7, 11) is 1.66. The molecule has 0 atom stereocenters. The Balaban J connectivity index is 2.08. The first kappa shape index (κ1) is 14.7. The second kappa shape index (κ2) is 6.17. The average molecular weight is 286 g/mol. The van der Waals surface area contributed by atoms with Crippen molar-refractivity contribution in [2.45, 2.75) is 6.54 Å². The van der Waals surface area contributed by atoms with Crippen LogP contribution in [0.3, 0.4) is 0 Å². The Hall–Kier alpha value is -2.69. The van der Waals surface area contributed by atoms with Gasteiger partial charge in [0.25, 0.3) is 5.91 Å². The maximum absolute atomic E-state index is 12.8. The van der Waals surface area contributed by atoms with Crippen LogP contribution in [0.25, 0.3) is 0 Å². The summed E-state index contributed by atoms with van der Waals surface area (Å²) in [5.74, 6) is -1.03. The van der Waals surface area contributed by atoms with Gasteiger partial charge in [0.2, 0.25) is 5.91 Å². The van der Waals surface area contributed by atoms with Gasteiger partial charge >= 0.3 is 0 Å². The molecule has 2 aromatic carbocycles. The third kappa shape index (κ3) is 3.66. The minimum absolute atomic E-state index is 0.185. The van der Waals surface area contributed by atoms with Crippen LogP contribution in [0.1, 0.15) is 26.3 Å². The number of halogens is 1. The van der Waals surface area contributed by atoms with Gasteiger partial charge in [-0.25, -0.2) is 4.39 Å². The van der Waals surface area contributed by atoms with Crippen molar-refractivity contribution >= 4 is 11.8 Å². The largest absolute Gasteiger partial charge is 0.366 e. The van der Waals surface area contributed by atoms with E-state index in [0.29, 0.717) is 17.7 Å². The number of rotatable bonds is 4. The topological polar surface area (TPSA) is 63.4 Å². The second-order valence-electron chi connectivity index (χ2n) is 4.73. The first-order valence-electron chi connectivity index (χ1n) is 6.37. The average Bonchev–Trinajstić information content (AvgIpc) is 2.49. The van der Waals surface area contributed by atoms with Crippen LogP contribution in [-0.4, -0.2) is 23.8 Å². The molecule has 0 radical (unpaired) electrons. The lowest BCUT2D eigenvalue weighted by molar-refractivity contribution is 0.0784. The van der Waals surface area contributed by atoms with Gasteiger partial charge in [-0.3, -0.25) is 9.59 Å². The molecule has 108 valence electrons. The highest BCUT2D eigenvalue weighted by Gasteiger charge is 2.12. The third-order valence-electron chi connectivity index (χ3n) is 3.10. The molecule has 2 N–H and O–H groups in total. The van der Waals surface area contributed by atoms with Crippen LogP contribution in [0.4, 0.5) is 4.39 Å². The SMILES string of the molecule is CN(Cc1ccc(F)cc1)C(=O)c1ccc(C(N)=O)cc1. The summed E-state index contributed by atoms with van der Waals surface area (Å²) in [6.45, 7) is 0.372. The van der Waals surface area contributed by atoms with E-state index in [9.17, 15) is 14.0 Å². The molecule has 0 saturated heterocycles. The monoisotopic (exact) mass is 286 g/mol. The zero-order valence-electron chi connectivity index (χ0n) is 11.5. The van der Waals surface area contributed by atoms with Crippen LogP contribution in [0.2, 0.25) is 0 Å². The third-order valence-corrected chi connectivity index (χ3v) is 3.10. The summed E-state index contributed by atoms with van der Waals surface area (Å²) in [6.07, 6.45) is 0. The highest BCUT2D eigenvalue weighted by atomic mass is 19.1. The number of primary amides is 1. The van der Waals surface area contributed by atoms with Crippen LogP contribution < -0.4 is 5.73 Å². The predicted molar refractivity (Wildman–Crippen MR) is 77.2 cm³/mol. The van der Waals surface area contributed by atoms with E-state index in [4.69, 9.17) is 5.73 Å². The van der Waals surface area contributed by atoms with E-state index in [-0.39, 0.29) is 11.7 Å². The van der Waals surface area contributed by atoms with E-state index in [1.165, 1.54) is 29.2 Å². The molecule has 0 fully saturated rings. The molecule has 5 heteroatoms. The maximum atomic E-state index is 12.8. The molecule has 0 aliphatic rings. The van der Waals surface area contributed by atoms with Crippen LogP contribution >= 0.6 is 0 Å². The fourth-order valence-corrected chi connectivity index (χ4v) is 1.93. The second-order valence-corrected chi connectivity index (χ2v) is 4.73. The van der Waals surface area contributed by atoms with Crippen molar-refractivity contribution in [2.24, 2.45) is 5.73 Å². The normalized spacial score (nSPS) is 10.2. The molecular formula is C16H15FN2O2. The van der Waals surface area contributed by atoms with Crippen molar-refractivity contribution in [3.05, 3.63) is 71.0 Å². The zero-order chi connectivity index (χ0) is 15.4. The Bertz CT molecular complexity index is 651. The molecule has 4 nitrogen and oxygen atoms in total. The summed E-state index contributed by atoms with van der Waals surface area (Å²) in [6, 6.07) is 12.1. The summed E-state index contributed by atoms with van der Waals surface area (Å²) in [5, 5.41) is 0. The lowest BCUT2D eigenvalue weighted by Crippen LogP contribution is -2.26. The Morgan fingerprint density at radius 3 is 2.05 bits per heavy atom. The molecule has 2 amide bonds. The van der Waals surface area contributed by atoms with Crippen molar-refractivity contribution < 1.29 is 14.0 Å². The molecule has 0 heterocycles. The quantitative estimate of drug-likeness (QED) is 0.936. The summed E-state index contributed by atoms with van der Waals surface area (Å²) in [4.78, 5) is 24.7. The molecule has 0 aliphatic heterocycles. The number of hydrogen-bond acceptors (Lipinski definition) is 2. The molecular weight excluding hydrogens is 271 g/mol. The molecule has 21 heavy (non-hydrogen) atoms. The lowest BCUT2D eigenvalue weighted by Gasteiger charge is -2.17. The fraction of sp³-hybridized carbons (Fsp3) is 0.125. The van der Waals surface area contributed by atoms with Crippen molar-refractivity contribution in [3.63, 3.8) is 0 Å². The Morgan fingerprint density at radius 1 is 1.00 bits per heavy atom. The Labute approximate surface area is 122 Å². The van der Waals surface area contributed by atoms with Crippen molar-refractivity contribution in [1.82, 2.24) is 4.90 Å². The fourth-order valence-electron chi connectivity index (χ4n) is 1.93. The van der Waals surface area contributed by atoms with Gasteiger partial charge in [0, 0.05) is 24.7 Å². The van der Waals surface area contributed by atoms with E-state index in [0.717, 1.165) is 5.56 Å². The zero-order valence-corrected chi connectivity index (χ0v) is 11.5. The Kier molecular flexibility index (Phi) is 4.33. The number of benzene rings is 2. The van der Waals surface area contributed by atoms with E-state index in [1.54, 1.807) is 31.3 Å². The minimum Gasteiger partial charge on any atom is -0.366 e. The van der Waals surface area contributed by atoms with E-state index < -0.39 is 5.91 Å². The highest BCUT2D eigenvalue weighted by Crippen LogP contribution is 2.10. The predicted octanol–water partition coefficient (Wildman–Crippen LogP) is 2.20. The molecule has 0 aromatic heterocycles. The smallest absolute Gasteiger partial charge is 0.253 e. The molecule has 0 saturated carbocycles. The van der Waals surface area contributed by atoms with E-state index in [2.05, 4.69) is 0 Å². The highest BCUT2D eigenvalue weighted by molar-refractivity contribution is 5.97. The van der Waals surface area contributed by atoms with Gasteiger partial charge in [-0.05, 0) is 42.0 Å². The molecule has 2 rings (SSSR count).